The maximum absolute atomic E-state index is 10.8. The van der Waals surface area contributed by atoms with E-state index in [1.807, 2.05) is 0 Å². The van der Waals surface area contributed by atoms with Crippen molar-refractivity contribution < 1.29 is 9.66 Å². The highest BCUT2D eigenvalue weighted by Gasteiger charge is 2.24. The minimum atomic E-state index is -0.426. The molecule has 0 bridgehead atoms. The van der Waals surface area contributed by atoms with Gasteiger partial charge in [-0.3, -0.25) is 10.1 Å². The van der Waals surface area contributed by atoms with Gasteiger partial charge < -0.3 is 10.5 Å². The number of aromatic nitrogens is 1. The fourth-order valence-electron chi connectivity index (χ4n) is 2.01. The molecule has 1 heterocycles. The second-order valence-electron chi connectivity index (χ2n) is 4.38. The van der Waals surface area contributed by atoms with Crippen molar-refractivity contribution in [2.45, 2.75) is 38.3 Å². The lowest BCUT2D eigenvalue weighted by atomic mass is 10.2. The number of aryl methyl sites for hydroxylation is 1. The lowest BCUT2D eigenvalue weighted by Gasteiger charge is -2.12. The largest absolute Gasteiger partial charge is 0.474 e. The number of hydrogen-bond acceptors (Lipinski definition) is 5. The molecule has 0 radical (unpaired) electrons. The molecule has 0 aliphatic heterocycles. The Kier molecular flexibility index (Phi) is 3.23. The average Bonchev–Trinajstić information content (AvgIpc) is 2.66. The molecule has 2 N–H and O–H groups in total. The van der Waals surface area contributed by atoms with Crippen molar-refractivity contribution in [3.63, 3.8) is 0 Å². The van der Waals surface area contributed by atoms with E-state index < -0.39 is 4.92 Å². The first-order valence-corrected chi connectivity index (χ1v) is 5.59. The minimum Gasteiger partial charge on any atom is -0.474 e. The summed E-state index contributed by atoms with van der Waals surface area (Å²) >= 11 is 0. The van der Waals surface area contributed by atoms with Crippen LogP contribution in [0.25, 0.3) is 0 Å². The third-order valence-corrected chi connectivity index (χ3v) is 2.96. The van der Waals surface area contributed by atoms with E-state index in [1.54, 1.807) is 6.92 Å². The zero-order valence-electron chi connectivity index (χ0n) is 9.63. The van der Waals surface area contributed by atoms with Crippen molar-refractivity contribution in [2.24, 2.45) is 5.73 Å². The highest BCUT2D eigenvalue weighted by Crippen LogP contribution is 2.26. The maximum Gasteiger partial charge on any atom is 0.279 e. The summed E-state index contributed by atoms with van der Waals surface area (Å²) in [6, 6.07) is 1.54. The highest BCUT2D eigenvalue weighted by molar-refractivity contribution is 5.40. The predicted molar refractivity (Wildman–Crippen MR) is 61.9 cm³/mol. The van der Waals surface area contributed by atoms with E-state index >= 15 is 0 Å². The Morgan fingerprint density at radius 1 is 1.59 bits per heavy atom. The number of nitro groups is 1. The van der Waals surface area contributed by atoms with Gasteiger partial charge in [0, 0.05) is 17.8 Å². The van der Waals surface area contributed by atoms with Crippen LogP contribution in [0.4, 0.5) is 5.69 Å². The van der Waals surface area contributed by atoms with Crippen LogP contribution in [0.15, 0.2) is 12.3 Å². The van der Waals surface area contributed by atoms with Gasteiger partial charge in [0.05, 0.1) is 11.0 Å². The van der Waals surface area contributed by atoms with Crippen molar-refractivity contribution in [3.05, 3.63) is 27.9 Å². The summed E-state index contributed by atoms with van der Waals surface area (Å²) in [5.41, 5.74) is 6.34. The quantitative estimate of drug-likeness (QED) is 0.636. The molecular weight excluding hydrogens is 222 g/mol. The summed E-state index contributed by atoms with van der Waals surface area (Å²) < 4.78 is 5.60. The van der Waals surface area contributed by atoms with Crippen LogP contribution in [0, 0.1) is 17.0 Å². The van der Waals surface area contributed by atoms with Crippen LogP contribution < -0.4 is 10.5 Å². The fraction of sp³-hybridized carbons (Fsp3) is 0.545. The molecule has 1 aliphatic rings. The molecule has 2 unspecified atom stereocenters. The van der Waals surface area contributed by atoms with Gasteiger partial charge >= 0.3 is 0 Å². The molecule has 2 rings (SSSR count). The molecule has 6 heteroatoms. The van der Waals surface area contributed by atoms with Gasteiger partial charge in [-0.2, -0.15) is 0 Å². The van der Waals surface area contributed by atoms with Crippen LogP contribution in [0.3, 0.4) is 0 Å². The van der Waals surface area contributed by atoms with Crippen LogP contribution in [0.1, 0.15) is 24.8 Å². The third kappa shape index (κ3) is 2.71. The molecule has 2 atom stereocenters. The molecule has 1 aliphatic carbocycles. The SMILES string of the molecule is Cc1cnc(OC2CCC(N)C2)cc1[N+](=O)[O-]. The maximum atomic E-state index is 10.8. The lowest BCUT2D eigenvalue weighted by molar-refractivity contribution is -0.385. The van der Waals surface area contributed by atoms with E-state index in [9.17, 15) is 10.1 Å². The topological polar surface area (TPSA) is 91.3 Å². The number of ether oxygens (including phenoxy) is 1. The first-order chi connectivity index (χ1) is 8.06. The van der Waals surface area contributed by atoms with Crippen molar-refractivity contribution in [2.75, 3.05) is 0 Å². The van der Waals surface area contributed by atoms with Gasteiger partial charge in [-0.15, -0.1) is 0 Å². The van der Waals surface area contributed by atoms with Crippen LogP contribution in [-0.2, 0) is 0 Å². The van der Waals surface area contributed by atoms with Gasteiger partial charge in [-0.05, 0) is 26.2 Å². The van der Waals surface area contributed by atoms with Gasteiger partial charge in [0.15, 0.2) is 0 Å². The number of nitrogens with zero attached hydrogens (tertiary/aromatic N) is 2. The molecule has 0 aromatic carbocycles. The first-order valence-electron chi connectivity index (χ1n) is 5.59. The second-order valence-corrected chi connectivity index (χ2v) is 4.38. The standard InChI is InChI=1S/C11H15N3O3/c1-7-6-13-11(5-10(7)14(15)16)17-9-3-2-8(12)4-9/h5-6,8-9H,2-4,12H2,1H3. The van der Waals surface area contributed by atoms with E-state index in [0.717, 1.165) is 19.3 Å². The van der Waals surface area contributed by atoms with Crippen LogP contribution in [-0.4, -0.2) is 22.1 Å². The monoisotopic (exact) mass is 237 g/mol. The fourth-order valence-corrected chi connectivity index (χ4v) is 2.01. The van der Waals surface area contributed by atoms with E-state index in [4.69, 9.17) is 10.5 Å². The summed E-state index contributed by atoms with van der Waals surface area (Å²) in [7, 11) is 0. The van der Waals surface area contributed by atoms with Crippen molar-refractivity contribution in [1.29, 1.82) is 0 Å². The smallest absolute Gasteiger partial charge is 0.279 e. The predicted octanol–water partition coefficient (Wildman–Crippen LogP) is 1.56. The van der Waals surface area contributed by atoms with Gasteiger partial charge in [0.25, 0.3) is 5.69 Å². The average molecular weight is 237 g/mol. The Hall–Kier alpha value is -1.69. The van der Waals surface area contributed by atoms with Gasteiger partial charge in [-0.1, -0.05) is 0 Å². The van der Waals surface area contributed by atoms with E-state index in [2.05, 4.69) is 4.98 Å². The summed E-state index contributed by atoms with van der Waals surface area (Å²) in [4.78, 5) is 14.4. The summed E-state index contributed by atoms with van der Waals surface area (Å²) in [6.07, 6.45) is 4.08. The molecule has 6 nitrogen and oxygen atoms in total. The van der Waals surface area contributed by atoms with E-state index in [-0.39, 0.29) is 17.8 Å². The zero-order chi connectivity index (χ0) is 12.4. The summed E-state index contributed by atoms with van der Waals surface area (Å²) in [6.45, 7) is 1.65. The number of pyridine rings is 1. The Morgan fingerprint density at radius 3 is 2.94 bits per heavy atom. The number of nitrogens with two attached hydrogens (primary N) is 1. The minimum absolute atomic E-state index is 0.0276. The molecule has 0 spiro atoms. The van der Waals surface area contributed by atoms with Crippen LogP contribution in [0.5, 0.6) is 5.88 Å². The molecular formula is C11H15N3O3. The summed E-state index contributed by atoms with van der Waals surface area (Å²) in [5.74, 6) is 0.307. The molecule has 1 saturated carbocycles. The molecule has 1 aromatic heterocycles. The Balaban J connectivity index is 2.11. The van der Waals surface area contributed by atoms with Gasteiger partial charge in [0.1, 0.15) is 6.10 Å². The van der Waals surface area contributed by atoms with Gasteiger partial charge in [-0.25, -0.2) is 4.98 Å². The molecule has 1 fully saturated rings. The number of rotatable bonds is 3. The van der Waals surface area contributed by atoms with Crippen molar-refractivity contribution in [3.8, 4) is 5.88 Å². The first kappa shape index (κ1) is 11.8. The lowest BCUT2D eigenvalue weighted by Crippen LogP contribution is -2.19. The Labute approximate surface area is 98.9 Å². The molecule has 92 valence electrons. The van der Waals surface area contributed by atoms with Crippen LogP contribution in [0.2, 0.25) is 0 Å². The number of hydrogen-bond donors (Lipinski definition) is 1. The molecule has 0 saturated heterocycles. The highest BCUT2D eigenvalue weighted by atomic mass is 16.6. The Bertz CT molecular complexity index is 436. The molecule has 17 heavy (non-hydrogen) atoms. The Morgan fingerprint density at radius 2 is 2.35 bits per heavy atom. The van der Waals surface area contributed by atoms with Crippen molar-refractivity contribution >= 4 is 5.69 Å². The second kappa shape index (κ2) is 4.67. The van der Waals surface area contributed by atoms with Crippen LogP contribution >= 0.6 is 0 Å². The zero-order valence-corrected chi connectivity index (χ0v) is 9.63. The van der Waals surface area contributed by atoms with E-state index in [0.29, 0.717) is 11.4 Å². The van der Waals surface area contributed by atoms with E-state index in [1.165, 1.54) is 12.3 Å². The normalized spacial score (nSPS) is 23.6. The molecule has 0 amide bonds. The third-order valence-electron chi connectivity index (χ3n) is 2.96. The molecule has 1 aromatic rings. The summed E-state index contributed by atoms with van der Waals surface area (Å²) in [5, 5.41) is 10.8. The van der Waals surface area contributed by atoms with Crippen molar-refractivity contribution in [1.82, 2.24) is 4.98 Å². The van der Waals surface area contributed by atoms with Gasteiger partial charge in [0.2, 0.25) is 5.88 Å².